The molecule has 2 N–H and O–H groups in total. The van der Waals surface area contributed by atoms with Crippen LogP contribution >= 0.6 is 0 Å². The van der Waals surface area contributed by atoms with Crippen molar-refractivity contribution in [3.8, 4) is 5.75 Å². The van der Waals surface area contributed by atoms with Gasteiger partial charge in [0.2, 0.25) is 5.91 Å². The summed E-state index contributed by atoms with van der Waals surface area (Å²) in [5.41, 5.74) is -1.13. The fraction of sp³-hybridized carbons (Fsp3) is 0.615. The smallest absolute Gasteiger partial charge is 0.407 e. The molecule has 0 spiro atoms. The number of carbonyl (C=O) groups excluding carboxylic acids is 2. The van der Waals surface area contributed by atoms with E-state index in [9.17, 15) is 22.4 Å². The number of alkyl carbamates (subject to hydrolysis) is 1. The van der Waals surface area contributed by atoms with Gasteiger partial charge < -0.3 is 20.1 Å². The second-order valence-electron chi connectivity index (χ2n) is 11.6. The Balaban J connectivity index is 1.23. The topological polar surface area (TPSA) is 111 Å². The van der Waals surface area contributed by atoms with Crippen LogP contribution in [0.4, 0.5) is 9.18 Å². The molecule has 4 saturated carbocycles. The number of sulfone groups is 1. The molecule has 8 nitrogen and oxygen atoms in total. The molecule has 0 radical (unpaired) electrons. The fourth-order valence-electron chi connectivity index (χ4n) is 5.31. The maximum absolute atomic E-state index is 13.2. The van der Waals surface area contributed by atoms with Crippen molar-refractivity contribution in [2.75, 3.05) is 18.9 Å². The average molecular weight is 523 g/mol. The van der Waals surface area contributed by atoms with Gasteiger partial charge in [0.05, 0.1) is 22.4 Å². The lowest BCUT2D eigenvalue weighted by atomic mass is 9.35. The molecule has 10 heteroatoms. The quantitative estimate of drug-likeness (QED) is 0.480. The number of rotatable bonds is 10. The Morgan fingerprint density at radius 2 is 1.78 bits per heavy atom. The molecule has 0 atom stereocenters. The SMILES string of the molecule is CC(C)(C)OC(=O)NC/C(=C\F)COc1ccc(S(=O)(=O)CC23CC(C(=O)NC4CCC4)(C2)C3)cc1. The van der Waals surface area contributed by atoms with Gasteiger partial charge in [-0.25, -0.2) is 17.6 Å². The Bertz CT molecular complexity index is 1120. The van der Waals surface area contributed by atoms with Crippen molar-refractivity contribution in [1.82, 2.24) is 10.6 Å². The molecule has 5 rings (SSSR count). The van der Waals surface area contributed by atoms with Crippen LogP contribution in [0, 0.1) is 10.8 Å². The summed E-state index contributed by atoms with van der Waals surface area (Å²) in [6, 6.07) is 6.31. The van der Waals surface area contributed by atoms with Crippen molar-refractivity contribution in [1.29, 1.82) is 0 Å². The van der Waals surface area contributed by atoms with E-state index in [-0.39, 0.29) is 46.1 Å². The van der Waals surface area contributed by atoms with Gasteiger partial charge in [0, 0.05) is 18.2 Å². The van der Waals surface area contributed by atoms with Crippen LogP contribution in [0.25, 0.3) is 0 Å². The van der Waals surface area contributed by atoms with Crippen LogP contribution in [-0.4, -0.2) is 51.0 Å². The van der Waals surface area contributed by atoms with Crippen molar-refractivity contribution in [3.05, 3.63) is 36.2 Å². The molecule has 4 aliphatic carbocycles. The maximum atomic E-state index is 13.2. The van der Waals surface area contributed by atoms with Gasteiger partial charge in [-0.3, -0.25) is 4.79 Å². The molecule has 36 heavy (non-hydrogen) atoms. The number of hydrogen-bond donors (Lipinski definition) is 2. The van der Waals surface area contributed by atoms with E-state index in [1.165, 1.54) is 24.3 Å². The Labute approximate surface area is 211 Å². The van der Waals surface area contributed by atoms with Crippen molar-refractivity contribution < 1.29 is 31.9 Å². The zero-order valence-corrected chi connectivity index (χ0v) is 21.9. The highest BCUT2D eigenvalue weighted by molar-refractivity contribution is 7.91. The highest BCUT2D eigenvalue weighted by Crippen LogP contribution is 2.74. The van der Waals surface area contributed by atoms with E-state index in [4.69, 9.17) is 9.47 Å². The third kappa shape index (κ3) is 5.85. The van der Waals surface area contributed by atoms with Crippen molar-refractivity contribution in [2.24, 2.45) is 10.8 Å². The molecule has 0 unspecified atom stereocenters. The van der Waals surface area contributed by atoms with E-state index >= 15 is 0 Å². The lowest BCUT2D eigenvalue weighted by Crippen LogP contribution is -2.70. The van der Waals surface area contributed by atoms with Crippen LogP contribution in [0.2, 0.25) is 0 Å². The van der Waals surface area contributed by atoms with Gasteiger partial charge in [0.1, 0.15) is 18.0 Å². The number of benzene rings is 1. The molecule has 0 heterocycles. The monoisotopic (exact) mass is 522 g/mol. The molecule has 4 fully saturated rings. The van der Waals surface area contributed by atoms with Crippen LogP contribution < -0.4 is 15.4 Å². The van der Waals surface area contributed by atoms with Gasteiger partial charge in [0.15, 0.2) is 9.84 Å². The third-order valence-electron chi connectivity index (χ3n) is 7.18. The second kappa shape index (κ2) is 9.68. The van der Waals surface area contributed by atoms with Gasteiger partial charge in [-0.2, -0.15) is 0 Å². The number of ether oxygens (including phenoxy) is 2. The number of amides is 2. The molecule has 0 saturated heterocycles. The van der Waals surface area contributed by atoms with Gasteiger partial charge in [0.25, 0.3) is 0 Å². The van der Waals surface area contributed by atoms with Crippen LogP contribution in [0.15, 0.2) is 41.1 Å². The molecule has 2 amide bonds. The average Bonchev–Trinajstić information content (AvgIpc) is 2.71. The first kappa shape index (κ1) is 26.4. The fourth-order valence-corrected chi connectivity index (χ4v) is 7.14. The zero-order chi connectivity index (χ0) is 26.2. The lowest BCUT2D eigenvalue weighted by molar-refractivity contribution is -0.199. The van der Waals surface area contributed by atoms with Crippen LogP contribution in [-0.2, 0) is 19.4 Å². The van der Waals surface area contributed by atoms with E-state index in [2.05, 4.69) is 10.6 Å². The number of nitrogens with one attached hydrogen (secondary N) is 2. The molecule has 0 aliphatic heterocycles. The van der Waals surface area contributed by atoms with Crippen LogP contribution in [0.1, 0.15) is 59.3 Å². The van der Waals surface area contributed by atoms with Crippen molar-refractivity contribution in [3.63, 3.8) is 0 Å². The second-order valence-corrected chi connectivity index (χ2v) is 13.5. The minimum absolute atomic E-state index is 0.0315. The number of hydrogen-bond acceptors (Lipinski definition) is 6. The maximum Gasteiger partial charge on any atom is 0.407 e. The largest absolute Gasteiger partial charge is 0.489 e. The van der Waals surface area contributed by atoms with E-state index in [1.54, 1.807) is 20.8 Å². The molecule has 198 valence electrons. The minimum atomic E-state index is -3.52. The van der Waals surface area contributed by atoms with Crippen molar-refractivity contribution in [2.45, 2.75) is 75.8 Å². The summed E-state index contributed by atoms with van der Waals surface area (Å²) in [4.78, 5) is 24.5. The van der Waals surface area contributed by atoms with Gasteiger partial charge in [-0.05, 0) is 89.0 Å². The highest BCUT2D eigenvalue weighted by Gasteiger charge is 2.72. The summed E-state index contributed by atoms with van der Waals surface area (Å²) < 4.78 is 49.8. The number of halogens is 1. The Morgan fingerprint density at radius 1 is 1.14 bits per heavy atom. The molecule has 1 aromatic carbocycles. The standard InChI is InChI=1S/C26H35FN2O6S/c1-24(2,3)35-23(31)28-12-18(11-27)13-34-20-7-9-21(10-8-20)36(32,33)17-25-14-26(15-25,16-25)22(30)29-19-5-4-6-19/h7-11,19H,4-6,12-17H2,1-3H3,(H,28,31)(H,29,30)/b18-11+. The Morgan fingerprint density at radius 3 is 2.31 bits per heavy atom. The van der Waals surface area contributed by atoms with E-state index in [0.29, 0.717) is 37.4 Å². The predicted octanol–water partition coefficient (Wildman–Crippen LogP) is 4.06. The van der Waals surface area contributed by atoms with E-state index in [0.717, 1.165) is 19.3 Å². The lowest BCUT2D eigenvalue weighted by Gasteiger charge is -2.69. The normalized spacial score (nSPS) is 25.6. The molecular weight excluding hydrogens is 487 g/mol. The molecule has 4 aliphatic rings. The molecule has 2 bridgehead atoms. The van der Waals surface area contributed by atoms with Crippen LogP contribution in [0.5, 0.6) is 5.75 Å². The van der Waals surface area contributed by atoms with Gasteiger partial charge >= 0.3 is 6.09 Å². The summed E-state index contributed by atoms with van der Waals surface area (Å²) in [6.07, 6.45) is 4.83. The molecule has 1 aromatic rings. The first-order chi connectivity index (χ1) is 16.8. The summed E-state index contributed by atoms with van der Waals surface area (Å²) in [6.45, 7) is 4.98. The van der Waals surface area contributed by atoms with Gasteiger partial charge in [-0.1, -0.05) is 0 Å². The zero-order valence-electron chi connectivity index (χ0n) is 21.1. The van der Waals surface area contributed by atoms with E-state index in [1.807, 2.05) is 0 Å². The third-order valence-corrected chi connectivity index (χ3v) is 9.16. The number of carbonyl (C=O) groups is 2. The molecule has 0 aromatic heterocycles. The summed E-state index contributed by atoms with van der Waals surface area (Å²) in [5.74, 6) is 0.502. The Kier molecular flexibility index (Phi) is 7.11. The van der Waals surface area contributed by atoms with Gasteiger partial charge in [-0.15, -0.1) is 0 Å². The van der Waals surface area contributed by atoms with Crippen molar-refractivity contribution >= 4 is 21.8 Å². The first-order valence-corrected chi connectivity index (χ1v) is 14.0. The van der Waals surface area contributed by atoms with E-state index < -0.39 is 21.5 Å². The summed E-state index contributed by atoms with van der Waals surface area (Å²) >= 11 is 0. The minimum Gasteiger partial charge on any atom is -0.489 e. The summed E-state index contributed by atoms with van der Waals surface area (Å²) in [5, 5.41) is 5.57. The predicted molar refractivity (Wildman–Crippen MR) is 132 cm³/mol. The molecular formula is C26H35FN2O6S. The van der Waals surface area contributed by atoms with Crippen LogP contribution in [0.3, 0.4) is 0 Å². The first-order valence-electron chi connectivity index (χ1n) is 12.4. The highest BCUT2D eigenvalue weighted by atomic mass is 32.2. The Hall–Kier alpha value is -2.62. The summed E-state index contributed by atoms with van der Waals surface area (Å²) in [7, 11) is -3.52.